The average molecular weight is 759 g/mol. The molecular formula is C41H58N8O6. The molecule has 2 atom stereocenters. The van der Waals surface area contributed by atoms with Crippen LogP contribution in [0, 0.1) is 5.92 Å². The van der Waals surface area contributed by atoms with Crippen LogP contribution >= 0.6 is 0 Å². The van der Waals surface area contributed by atoms with Crippen molar-refractivity contribution in [3.05, 3.63) is 60.4 Å². The van der Waals surface area contributed by atoms with Crippen molar-refractivity contribution in [2.24, 2.45) is 5.92 Å². The number of carbonyl (C=O) groups is 2. The summed E-state index contributed by atoms with van der Waals surface area (Å²) in [6.45, 7) is 7.27. The van der Waals surface area contributed by atoms with Gasteiger partial charge in [-0.25, -0.2) is 9.97 Å². The SMILES string of the molecule is CNCC(=O)NCCCCc1ncc(-c2ccc(-c3cc(OCCOC)c(-c4cnc(C5CCCN5C(=O)C(NC)C(C)C)[nH]4)c(OCCOC)c3)cc2)[nH]1. The molecule has 1 aliphatic heterocycles. The Labute approximate surface area is 324 Å². The number of likely N-dealkylation sites (tertiary alicyclic amines) is 1. The number of hydrogen-bond acceptors (Lipinski definition) is 10. The van der Waals surface area contributed by atoms with Crippen LogP contribution in [0.5, 0.6) is 11.5 Å². The first-order valence-corrected chi connectivity index (χ1v) is 19.3. The Morgan fingerprint density at radius 1 is 0.873 bits per heavy atom. The van der Waals surface area contributed by atoms with E-state index in [-0.39, 0.29) is 29.8 Å². The molecule has 5 N–H and O–H groups in total. The summed E-state index contributed by atoms with van der Waals surface area (Å²) in [4.78, 5) is 43.6. The van der Waals surface area contributed by atoms with E-state index in [1.54, 1.807) is 27.5 Å². The molecule has 1 aliphatic rings. The van der Waals surface area contributed by atoms with E-state index >= 15 is 0 Å². The van der Waals surface area contributed by atoms with Crippen molar-refractivity contribution >= 4 is 11.8 Å². The first-order valence-electron chi connectivity index (χ1n) is 19.3. The van der Waals surface area contributed by atoms with Crippen LogP contribution in [0.1, 0.15) is 57.2 Å². The zero-order chi connectivity index (χ0) is 39.2. The van der Waals surface area contributed by atoms with Crippen molar-refractivity contribution in [3.8, 4) is 45.1 Å². The Bertz CT molecular complexity index is 1780. The highest BCUT2D eigenvalue weighted by atomic mass is 16.5. The zero-order valence-corrected chi connectivity index (χ0v) is 33.1. The van der Waals surface area contributed by atoms with Gasteiger partial charge in [0.15, 0.2) is 0 Å². The highest BCUT2D eigenvalue weighted by Gasteiger charge is 2.36. The number of unbranched alkanes of at least 4 members (excludes halogenated alkanes) is 1. The number of aryl methyl sites for hydroxylation is 1. The number of aromatic nitrogens is 4. The highest BCUT2D eigenvalue weighted by molar-refractivity contribution is 5.83. The van der Waals surface area contributed by atoms with Crippen LogP contribution in [0.4, 0.5) is 0 Å². The maximum absolute atomic E-state index is 13.6. The molecule has 298 valence electrons. The molecule has 0 aliphatic carbocycles. The molecule has 14 nitrogen and oxygen atoms in total. The molecule has 2 aromatic heterocycles. The molecule has 2 aromatic carbocycles. The number of ether oxygens (including phenoxy) is 4. The molecular weight excluding hydrogens is 701 g/mol. The van der Waals surface area contributed by atoms with Gasteiger partial charge in [0, 0.05) is 33.7 Å². The molecule has 0 bridgehead atoms. The second-order valence-electron chi connectivity index (χ2n) is 14.1. The van der Waals surface area contributed by atoms with Gasteiger partial charge < -0.3 is 49.8 Å². The summed E-state index contributed by atoms with van der Waals surface area (Å²) >= 11 is 0. The Hall–Kier alpha value is -4.76. The topological polar surface area (TPSA) is 168 Å². The molecule has 5 rings (SSSR count). The van der Waals surface area contributed by atoms with Gasteiger partial charge in [0.05, 0.1) is 61.2 Å². The molecule has 2 unspecified atom stereocenters. The predicted molar refractivity (Wildman–Crippen MR) is 213 cm³/mol. The average Bonchev–Trinajstić information content (AvgIpc) is 3.97. The lowest BCUT2D eigenvalue weighted by Crippen LogP contribution is -2.47. The van der Waals surface area contributed by atoms with Gasteiger partial charge in [-0.15, -0.1) is 0 Å². The Morgan fingerprint density at radius 3 is 2.18 bits per heavy atom. The predicted octanol–water partition coefficient (Wildman–Crippen LogP) is 4.75. The summed E-state index contributed by atoms with van der Waals surface area (Å²) in [5.74, 6) is 3.15. The number of methoxy groups -OCH3 is 2. The van der Waals surface area contributed by atoms with Crippen molar-refractivity contribution in [2.45, 2.75) is 58.0 Å². The lowest BCUT2D eigenvalue weighted by Gasteiger charge is -2.29. The maximum Gasteiger partial charge on any atom is 0.240 e. The standard InChI is InChI=1S/C41H58N8O6/c1-27(2)39(43-4)41(51)49-17-9-10-33(49)40-46-25-32(48-40)38-34(54-20-18-52-5)22-30(23-35(38)55-21-19-53-6)28-12-14-29(15-13-28)31-24-45-36(47-31)11-7-8-16-44-37(50)26-42-3/h12-15,22-25,27,33,39,42-43H,7-11,16-21,26H2,1-6H3,(H,44,50)(H,45,47)(H,46,48). The van der Waals surface area contributed by atoms with Crippen LogP contribution < -0.4 is 25.4 Å². The van der Waals surface area contributed by atoms with Gasteiger partial charge in [-0.1, -0.05) is 38.1 Å². The third kappa shape index (κ3) is 10.9. The van der Waals surface area contributed by atoms with Gasteiger partial charge in [-0.05, 0) is 74.5 Å². The summed E-state index contributed by atoms with van der Waals surface area (Å²) in [5, 5.41) is 8.96. The fourth-order valence-electron chi connectivity index (χ4n) is 6.93. The van der Waals surface area contributed by atoms with Gasteiger partial charge in [0.2, 0.25) is 11.8 Å². The van der Waals surface area contributed by atoms with Crippen molar-refractivity contribution in [3.63, 3.8) is 0 Å². The number of nitrogens with zero attached hydrogens (tertiary/aromatic N) is 3. The second-order valence-corrected chi connectivity index (χ2v) is 14.1. The lowest BCUT2D eigenvalue weighted by molar-refractivity contribution is -0.135. The van der Waals surface area contributed by atoms with Crippen LogP contribution in [0.25, 0.3) is 33.6 Å². The summed E-state index contributed by atoms with van der Waals surface area (Å²) in [5.41, 5.74) is 5.33. The molecule has 55 heavy (non-hydrogen) atoms. The maximum atomic E-state index is 13.6. The van der Waals surface area contributed by atoms with Crippen molar-refractivity contribution in [2.75, 3.05) is 74.4 Å². The Morgan fingerprint density at radius 2 is 1.55 bits per heavy atom. The monoisotopic (exact) mass is 758 g/mol. The van der Waals surface area contributed by atoms with Gasteiger partial charge in [-0.3, -0.25) is 9.59 Å². The molecule has 4 aromatic rings. The molecule has 1 saturated heterocycles. The summed E-state index contributed by atoms with van der Waals surface area (Å²) < 4.78 is 23.4. The molecule has 2 amide bonds. The number of hydrogen-bond donors (Lipinski definition) is 5. The third-order valence-corrected chi connectivity index (χ3v) is 9.77. The second kappa shape index (κ2) is 20.8. The van der Waals surface area contributed by atoms with Crippen LogP contribution in [-0.4, -0.2) is 117 Å². The first-order chi connectivity index (χ1) is 26.8. The number of aromatic amines is 2. The van der Waals surface area contributed by atoms with Crippen molar-refractivity contribution < 1.29 is 28.5 Å². The number of imidazole rings is 2. The molecule has 0 spiro atoms. The number of rotatable bonds is 22. The van der Waals surface area contributed by atoms with Gasteiger partial charge in [-0.2, -0.15) is 0 Å². The molecule has 14 heteroatoms. The van der Waals surface area contributed by atoms with Crippen LogP contribution in [-0.2, 0) is 25.5 Å². The Kier molecular flexibility index (Phi) is 15.7. The van der Waals surface area contributed by atoms with Crippen molar-refractivity contribution in [1.29, 1.82) is 0 Å². The van der Waals surface area contributed by atoms with E-state index in [9.17, 15) is 9.59 Å². The van der Waals surface area contributed by atoms with Gasteiger partial charge in [0.25, 0.3) is 0 Å². The van der Waals surface area contributed by atoms with E-state index < -0.39 is 0 Å². The number of amides is 2. The van der Waals surface area contributed by atoms with E-state index in [0.29, 0.717) is 57.6 Å². The van der Waals surface area contributed by atoms with E-state index in [1.807, 2.05) is 30.3 Å². The summed E-state index contributed by atoms with van der Waals surface area (Å²) in [6, 6.07) is 11.9. The fourth-order valence-corrected chi connectivity index (χ4v) is 6.93. The minimum absolute atomic E-state index is 0.00450. The van der Waals surface area contributed by atoms with Crippen LogP contribution in [0.15, 0.2) is 48.8 Å². The van der Waals surface area contributed by atoms with E-state index in [0.717, 1.165) is 77.4 Å². The van der Waals surface area contributed by atoms with E-state index in [1.165, 1.54) is 0 Å². The normalized spacial score (nSPS) is 14.7. The quantitative estimate of drug-likeness (QED) is 0.0706. The van der Waals surface area contributed by atoms with E-state index in [2.05, 4.69) is 69.0 Å². The van der Waals surface area contributed by atoms with Gasteiger partial charge >= 0.3 is 0 Å². The Balaban J connectivity index is 1.39. The lowest BCUT2D eigenvalue weighted by atomic mass is 9.99. The molecule has 0 radical (unpaired) electrons. The highest BCUT2D eigenvalue weighted by Crippen LogP contribution is 2.43. The van der Waals surface area contributed by atoms with E-state index in [4.69, 9.17) is 23.9 Å². The zero-order valence-electron chi connectivity index (χ0n) is 33.1. The molecule has 3 heterocycles. The summed E-state index contributed by atoms with van der Waals surface area (Å²) in [7, 11) is 6.89. The molecule has 0 saturated carbocycles. The third-order valence-electron chi connectivity index (χ3n) is 9.77. The number of H-pyrrole nitrogens is 2. The molecule has 1 fully saturated rings. The number of carbonyl (C=O) groups excluding carboxylic acids is 2. The largest absolute Gasteiger partial charge is 0.490 e. The number of likely N-dealkylation sites (N-methyl/N-ethyl adjacent to an activating group) is 2. The van der Waals surface area contributed by atoms with Crippen LogP contribution in [0.2, 0.25) is 0 Å². The van der Waals surface area contributed by atoms with Gasteiger partial charge in [0.1, 0.15) is 36.4 Å². The van der Waals surface area contributed by atoms with Crippen LogP contribution in [0.3, 0.4) is 0 Å². The fraction of sp³-hybridized carbons (Fsp3) is 0.512. The number of nitrogens with one attached hydrogen (secondary N) is 5. The summed E-state index contributed by atoms with van der Waals surface area (Å²) in [6.07, 6.45) is 7.99. The first kappa shape index (κ1) is 41.4. The number of benzene rings is 2. The van der Waals surface area contributed by atoms with Crippen molar-refractivity contribution in [1.82, 2.24) is 40.8 Å². The minimum Gasteiger partial charge on any atom is -0.490 e. The smallest absolute Gasteiger partial charge is 0.240 e. The minimum atomic E-state index is -0.263.